The Morgan fingerprint density at radius 3 is 2.79 bits per heavy atom. The number of nitrogens with one attached hydrogen (secondary N) is 1. The van der Waals surface area contributed by atoms with Gasteiger partial charge >= 0.3 is 5.91 Å². The van der Waals surface area contributed by atoms with Gasteiger partial charge in [0.05, 0.1) is 5.71 Å². The highest BCUT2D eigenvalue weighted by Gasteiger charge is 2.09. The zero-order valence-corrected chi connectivity index (χ0v) is 11.8. The number of hydrazone groups is 1. The fraction of sp³-hybridized carbons (Fsp3) is 0.0769. The molecule has 0 radical (unpaired) electrons. The summed E-state index contributed by atoms with van der Waals surface area (Å²) < 4.78 is 5.61. The molecule has 0 aliphatic rings. The van der Waals surface area contributed by atoms with Crippen LogP contribution in [0, 0.1) is 0 Å². The van der Waals surface area contributed by atoms with E-state index in [1.807, 2.05) is 12.1 Å². The smallest absolute Gasteiger partial charge is 0.307 e. The van der Waals surface area contributed by atoms with Crippen LogP contribution in [0.1, 0.15) is 23.0 Å². The molecule has 19 heavy (non-hydrogen) atoms. The molecule has 6 heteroatoms. The molecule has 1 amide bonds. The number of carbonyl (C=O) groups excluding carboxylic acids is 1. The summed E-state index contributed by atoms with van der Waals surface area (Å²) >= 11 is 3.13. The summed E-state index contributed by atoms with van der Waals surface area (Å²) in [7, 11) is 0. The second kappa shape index (κ2) is 5.71. The van der Waals surface area contributed by atoms with Crippen LogP contribution in [-0.2, 0) is 0 Å². The normalized spacial score (nSPS) is 11.4. The van der Waals surface area contributed by atoms with Gasteiger partial charge in [-0.2, -0.15) is 5.10 Å². The number of nitrogen functional groups attached to an aromatic ring is 1. The summed E-state index contributed by atoms with van der Waals surface area (Å²) in [6.07, 6.45) is 0. The number of carbonyl (C=O) groups is 1. The Morgan fingerprint density at radius 2 is 2.16 bits per heavy atom. The van der Waals surface area contributed by atoms with Crippen molar-refractivity contribution in [3.8, 4) is 0 Å². The lowest BCUT2D eigenvalue weighted by Crippen LogP contribution is -2.18. The van der Waals surface area contributed by atoms with E-state index in [0.29, 0.717) is 16.1 Å². The van der Waals surface area contributed by atoms with Crippen LogP contribution in [0.15, 0.2) is 50.6 Å². The number of furan rings is 1. The number of anilines is 1. The number of halogens is 1. The van der Waals surface area contributed by atoms with E-state index in [2.05, 4.69) is 26.5 Å². The van der Waals surface area contributed by atoms with Crippen molar-refractivity contribution < 1.29 is 9.21 Å². The van der Waals surface area contributed by atoms with Crippen LogP contribution in [0.2, 0.25) is 0 Å². The minimum Gasteiger partial charge on any atom is -0.444 e. The van der Waals surface area contributed by atoms with E-state index in [1.165, 1.54) is 0 Å². The number of nitrogens with two attached hydrogens (primary N) is 1. The molecule has 0 fully saturated rings. The molecular formula is C13H12BrN3O2. The van der Waals surface area contributed by atoms with Gasteiger partial charge < -0.3 is 10.2 Å². The standard InChI is InChI=1S/C13H12BrN3O2/c1-8(9-3-2-4-10(15)7-9)16-17-13(18)11-5-6-12(14)19-11/h2-7H,15H2,1H3,(H,17,18)/b16-8-. The molecule has 3 N–H and O–H groups in total. The molecule has 0 atom stereocenters. The molecule has 0 unspecified atom stereocenters. The summed E-state index contributed by atoms with van der Waals surface area (Å²) in [5.74, 6) is -0.218. The van der Waals surface area contributed by atoms with Crippen LogP contribution in [0.4, 0.5) is 5.69 Å². The van der Waals surface area contributed by atoms with Crippen LogP contribution in [0.3, 0.4) is 0 Å². The maximum atomic E-state index is 11.7. The minimum absolute atomic E-state index is 0.191. The van der Waals surface area contributed by atoms with Gasteiger partial charge in [0.2, 0.25) is 0 Å². The van der Waals surface area contributed by atoms with Crippen LogP contribution in [0.25, 0.3) is 0 Å². The van der Waals surface area contributed by atoms with Gasteiger partial charge in [-0.1, -0.05) is 12.1 Å². The van der Waals surface area contributed by atoms with Crippen molar-refractivity contribution in [2.24, 2.45) is 5.10 Å². The molecule has 0 aliphatic carbocycles. The quantitative estimate of drug-likeness (QED) is 0.518. The van der Waals surface area contributed by atoms with Gasteiger partial charge in [0.25, 0.3) is 0 Å². The average molecular weight is 322 g/mol. The largest absolute Gasteiger partial charge is 0.444 e. The monoisotopic (exact) mass is 321 g/mol. The van der Waals surface area contributed by atoms with Crippen molar-refractivity contribution in [2.45, 2.75) is 6.92 Å². The van der Waals surface area contributed by atoms with Crippen molar-refractivity contribution in [1.29, 1.82) is 0 Å². The first-order valence-electron chi connectivity index (χ1n) is 5.52. The first-order valence-corrected chi connectivity index (χ1v) is 6.31. The van der Waals surface area contributed by atoms with Gasteiger partial charge in [-0.05, 0) is 52.7 Å². The highest BCUT2D eigenvalue weighted by Crippen LogP contribution is 2.13. The number of hydrogen-bond acceptors (Lipinski definition) is 4. The molecule has 0 spiro atoms. The first kappa shape index (κ1) is 13.4. The average Bonchev–Trinajstić information content (AvgIpc) is 2.82. The van der Waals surface area contributed by atoms with Crippen molar-refractivity contribution in [3.05, 3.63) is 52.4 Å². The summed E-state index contributed by atoms with van der Waals surface area (Å²) in [6.45, 7) is 1.78. The Balaban J connectivity index is 2.08. The van der Waals surface area contributed by atoms with E-state index in [0.717, 1.165) is 5.56 Å². The lowest BCUT2D eigenvalue weighted by Gasteiger charge is -2.02. The minimum atomic E-state index is -0.408. The maximum absolute atomic E-state index is 11.7. The van der Waals surface area contributed by atoms with E-state index in [9.17, 15) is 4.79 Å². The summed E-state index contributed by atoms with van der Waals surface area (Å²) in [6, 6.07) is 10.5. The van der Waals surface area contributed by atoms with Gasteiger partial charge in [0.15, 0.2) is 10.4 Å². The highest BCUT2D eigenvalue weighted by atomic mass is 79.9. The molecule has 2 aromatic rings. The Hall–Kier alpha value is -2.08. The van der Waals surface area contributed by atoms with Gasteiger partial charge in [0, 0.05) is 5.69 Å². The van der Waals surface area contributed by atoms with Crippen LogP contribution >= 0.6 is 15.9 Å². The van der Waals surface area contributed by atoms with E-state index >= 15 is 0 Å². The molecule has 1 aromatic carbocycles. The molecule has 0 saturated carbocycles. The lowest BCUT2D eigenvalue weighted by molar-refractivity contribution is 0.0926. The van der Waals surface area contributed by atoms with Gasteiger partial charge in [-0.3, -0.25) is 4.79 Å². The third-order valence-corrected chi connectivity index (χ3v) is 2.85. The van der Waals surface area contributed by atoms with E-state index in [1.54, 1.807) is 31.2 Å². The zero-order chi connectivity index (χ0) is 13.8. The predicted molar refractivity (Wildman–Crippen MR) is 76.9 cm³/mol. The second-order valence-electron chi connectivity index (χ2n) is 3.87. The maximum Gasteiger partial charge on any atom is 0.307 e. The fourth-order valence-electron chi connectivity index (χ4n) is 1.45. The number of hydrogen-bond donors (Lipinski definition) is 2. The van der Waals surface area contributed by atoms with Gasteiger partial charge in [-0.25, -0.2) is 5.43 Å². The number of benzene rings is 1. The molecule has 98 valence electrons. The second-order valence-corrected chi connectivity index (χ2v) is 4.65. The first-order chi connectivity index (χ1) is 9.06. The van der Waals surface area contributed by atoms with Crippen LogP contribution in [-0.4, -0.2) is 11.6 Å². The molecule has 2 rings (SSSR count). The third kappa shape index (κ3) is 3.45. The van der Waals surface area contributed by atoms with Crippen LogP contribution in [0.5, 0.6) is 0 Å². The Labute approximate surface area is 118 Å². The fourth-order valence-corrected chi connectivity index (χ4v) is 1.76. The van der Waals surface area contributed by atoms with Crippen molar-refractivity contribution >= 4 is 33.2 Å². The summed E-state index contributed by atoms with van der Waals surface area (Å²) in [4.78, 5) is 11.7. The summed E-state index contributed by atoms with van der Waals surface area (Å²) in [5, 5.41) is 4.01. The molecule has 0 saturated heterocycles. The molecule has 1 aromatic heterocycles. The van der Waals surface area contributed by atoms with E-state index < -0.39 is 5.91 Å². The number of amides is 1. The van der Waals surface area contributed by atoms with Crippen molar-refractivity contribution in [1.82, 2.24) is 5.43 Å². The lowest BCUT2D eigenvalue weighted by atomic mass is 10.1. The van der Waals surface area contributed by atoms with Crippen LogP contribution < -0.4 is 11.2 Å². The highest BCUT2D eigenvalue weighted by molar-refractivity contribution is 9.10. The summed E-state index contributed by atoms with van der Waals surface area (Å²) in [5.41, 5.74) is 10.3. The Bertz CT molecular complexity index is 634. The topological polar surface area (TPSA) is 80.6 Å². The number of nitrogens with zero attached hydrogens (tertiary/aromatic N) is 1. The Morgan fingerprint density at radius 1 is 1.37 bits per heavy atom. The van der Waals surface area contributed by atoms with Gasteiger partial charge in [-0.15, -0.1) is 0 Å². The number of rotatable bonds is 3. The molecule has 0 aliphatic heterocycles. The Kier molecular flexibility index (Phi) is 4.01. The van der Waals surface area contributed by atoms with Crippen molar-refractivity contribution in [3.63, 3.8) is 0 Å². The molecule has 5 nitrogen and oxygen atoms in total. The molecular weight excluding hydrogens is 310 g/mol. The zero-order valence-electron chi connectivity index (χ0n) is 10.2. The molecule has 0 bridgehead atoms. The van der Waals surface area contributed by atoms with E-state index in [4.69, 9.17) is 10.2 Å². The van der Waals surface area contributed by atoms with Gasteiger partial charge in [0.1, 0.15) is 0 Å². The third-order valence-electron chi connectivity index (χ3n) is 2.43. The van der Waals surface area contributed by atoms with E-state index in [-0.39, 0.29) is 5.76 Å². The molecule has 1 heterocycles. The van der Waals surface area contributed by atoms with Crippen molar-refractivity contribution in [2.75, 3.05) is 5.73 Å². The SMILES string of the molecule is C/C(=N/NC(=O)c1ccc(Br)o1)c1cccc(N)c1. The predicted octanol–water partition coefficient (Wildman–Crippen LogP) is 2.78.